The van der Waals surface area contributed by atoms with E-state index in [-0.39, 0.29) is 28.5 Å². The second kappa shape index (κ2) is 8.61. The zero-order chi connectivity index (χ0) is 19.4. The third-order valence-corrected chi connectivity index (χ3v) is 7.97. The fourth-order valence-corrected chi connectivity index (χ4v) is 6.16. The number of hydrogen-bond acceptors (Lipinski definition) is 6. The van der Waals surface area contributed by atoms with Gasteiger partial charge in [0.15, 0.2) is 9.84 Å². The molecule has 2 saturated heterocycles. The fraction of sp³-hybridized carbons (Fsp3) is 0.526. The maximum Gasteiger partial charge on any atom is 0.184 e. The molecule has 1 aromatic rings. The summed E-state index contributed by atoms with van der Waals surface area (Å²) < 4.78 is 31.9. The number of halogens is 1. The Bertz CT molecular complexity index is 831. The molecule has 0 unspecified atom stereocenters. The highest BCUT2D eigenvalue weighted by molar-refractivity contribution is 7.92. The monoisotopic (exact) mass is 409 g/mol. The number of rotatable bonds is 6. The summed E-state index contributed by atoms with van der Waals surface area (Å²) in [6.45, 7) is 6.00. The highest BCUT2D eigenvalue weighted by Crippen LogP contribution is 2.35. The highest BCUT2D eigenvalue weighted by atomic mass is 35.5. The molecule has 1 N–H and O–H groups in total. The number of nitrogens with zero attached hydrogens (tertiary/aromatic N) is 2. The van der Waals surface area contributed by atoms with Crippen LogP contribution in [0.2, 0.25) is 5.02 Å². The molecule has 27 heavy (non-hydrogen) atoms. The van der Waals surface area contributed by atoms with E-state index in [0.29, 0.717) is 31.9 Å². The van der Waals surface area contributed by atoms with Crippen LogP contribution in [0.15, 0.2) is 41.4 Å². The van der Waals surface area contributed by atoms with Crippen LogP contribution in [0, 0.1) is 11.3 Å². The van der Waals surface area contributed by atoms with Crippen LogP contribution in [0.3, 0.4) is 0 Å². The lowest BCUT2D eigenvalue weighted by atomic mass is 10.0. The van der Waals surface area contributed by atoms with Gasteiger partial charge in [0, 0.05) is 31.5 Å². The standard InChI is InChI=1S/C19H24ClN3O3S/c1-14(22-9-8-21)18-12-16(13-23(18)15-6-10-26-11-7-15)27(24,25)19-5-3-2-4-17(19)20/h2-5,15-16,18,22H,1,6-7,9-13H2/t16-,18+/m1/s1. The lowest BCUT2D eigenvalue weighted by molar-refractivity contribution is 0.0332. The number of benzene rings is 1. The minimum absolute atomic E-state index is 0.135. The first-order chi connectivity index (χ1) is 12.9. The Morgan fingerprint density at radius 2 is 2.07 bits per heavy atom. The van der Waals surface area contributed by atoms with E-state index >= 15 is 0 Å². The number of likely N-dealkylation sites (tertiary alicyclic amines) is 1. The number of nitriles is 1. The maximum absolute atomic E-state index is 13.2. The van der Waals surface area contributed by atoms with Gasteiger partial charge in [0.25, 0.3) is 0 Å². The van der Waals surface area contributed by atoms with Crippen LogP contribution >= 0.6 is 11.6 Å². The van der Waals surface area contributed by atoms with Crippen LogP contribution in [0.25, 0.3) is 0 Å². The summed E-state index contributed by atoms with van der Waals surface area (Å²) in [7, 11) is -3.57. The summed E-state index contributed by atoms with van der Waals surface area (Å²) >= 11 is 6.16. The molecule has 0 bridgehead atoms. The second-order valence-corrected chi connectivity index (χ2v) is 9.53. The molecular formula is C19H24ClN3O3S. The molecule has 2 fully saturated rings. The van der Waals surface area contributed by atoms with Gasteiger partial charge in [0.1, 0.15) is 6.54 Å². The summed E-state index contributed by atoms with van der Waals surface area (Å²) in [5.41, 5.74) is 0.694. The summed E-state index contributed by atoms with van der Waals surface area (Å²) in [6.07, 6.45) is 2.16. The van der Waals surface area contributed by atoms with Crippen LogP contribution in [0.4, 0.5) is 0 Å². The minimum Gasteiger partial charge on any atom is -0.381 e. The lowest BCUT2D eigenvalue weighted by Gasteiger charge is -2.36. The van der Waals surface area contributed by atoms with Gasteiger partial charge < -0.3 is 10.1 Å². The SMILES string of the molecule is C=C(NCC#N)[C@@H]1C[C@@H](S(=O)(=O)c2ccccc2Cl)CN1C1CCOCC1. The van der Waals surface area contributed by atoms with Gasteiger partial charge in [-0.1, -0.05) is 30.3 Å². The van der Waals surface area contributed by atoms with Crippen molar-refractivity contribution in [2.45, 2.75) is 41.5 Å². The average Bonchev–Trinajstić information content (AvgIpc) is 3.13. The Hall–Kier alpha value is -1.59. The van der Waals surface area contributed by atoms with E-state index in [4.69, 9.17) is 21.6 Å². The van der Waals surface area contributed by atoms with Crippen molar-refractivity contribution in [3.63, 3.8) is 0 Å². The molecule has 2 aliphatic rings. The molecule has 3 rings (SSSR count). The van der Waals surface area contributed by atoms with Crippen LogP contribution < -0.4 is 5.32 Å². The van der Waals surface area contributed by atoms with Gasteiger partial charge in [-0.3, -0.25) is 4.90 Å². The number of ether oxygens (including phenoxy) is 1. The number of nitrogens with one attached hydrogen (secondary N) is 1. The molecule has 8 heteroatoms. The second-order valence-electron chi connectivity index (χ2n) is 6.93. The Kier molecular flexibility index (Phi) is 6.43. The van der Waals surface area contributed by atoms with E-state index in [9.17, 15) is 8.42 Å². The molecule has 0 saturated carbocycles. The first-order valence-corrected chi connectivity index (χ1v) is 11.0. The van der Waals surface area contributed by atoms with Crippen LogP contribution in [0.5, 0.6) is 0 Å². The van der Waals surface area contributed by atoms with E-state index in [0.717, 1.165) is 12.8 Å². The quantitative estimate of drug-likeness (QED) is 0.726. The number of sulfone groups is 1. The van der Waals surface area contributed by atoms with Crippen molar-refractivity contribution in [3.8, 4) is 6.07 Å². The van der Waals surface area contributed by atoms with Crippen molar-refractivity contribution in [1.82, 2.24) is 10.2 Å². The smallest absolute Gasteiger partial charge is 0.184 e. The fourth-order valence-electron chi connectivity index (χ4n) is 3.93. The summed E-state index contributed by atoms with van der Waals surface area (Å²) in [4.78, 5) is 2.40. The van der Waals surface area contributed by atoms with Gasteiger partial charge in [0.2, 0.25) is 0 Å². The molecule has 146 valence electrons. The molecule has 1 aromatic carbocycles. The van der Waals surface area contributed by atoms with E-state index in [2.05, 4.69) is 16.8 Å². The van der Waals surface area contributed by atoms with Crippen molar-refractivity contribution in [2.75, 3.05) is 26.3 Å². The third kappa shape index (κ3) is 4.30. The molecule has 2 atom stereocenters. The van der Waals surface area contributed by atoms with E-state index in [1.807, 2.05) is 6.07 Å². The van der Waals surface area contributed by atoms with Gasteiger partial charge in [0.05, 0.1) is 27.3 Å². The molecular weight excluding hydrogens is 386 g/mol. The predicted octanol–water partition coefficient (Wildman–Crippen LogP) is 2.36. The maximum atomic E-state index is 13.2. The van der Waals surface area contributed by atoms with Crippen molar-refractivity contribution in [1.29, 1.82) is 5.26 Å². The van der Waals surface area contributed by atoms with Gasteiger partial charge in [-0.15, -0.1) is 0 Å². The molecule has 0 amide bonds. The van der Waals surface area contributed by atoms with Gasteiger partial charge in [-0.25, -0.2) is 8.42 Å². The Morgan fingerprint density at radius 3 is 2.74 bits per heavy atom. The lowest BCUT2D eigenvalue weighted by Crippen LogP contribution is -2.45. The molecule has 2 heterocycles. The first-order valence-electron chi connectivity index (χ1n) is 9.06. The van der Waals surface area contributed by atoms with Crippen molar-refractivity contribution < 1.29 is 13.2 Å². The zero-order valence-corrected chi connectivity index (χ0v) is 16.7. The van der Waals surface area contributed by atoms with Gasteiger partial charge in [-0.2, -0.15) is 5.26 Å². The normalized spacial score (nSPS) is 24.4. The summed E-state index contributed by atoms with van der Waals surface area (Å²) in [5.74, 6) is 0. The van der Waals surface area contributed by atoms with Gasteiger partial charge >= 0.3 is 0 Å². The van der Waals surface area contributed by atoms with Crippen LogP contribution in [-0.2, 0) is 14.6 Å². The van der Waals surface area contributed by atoms with Crippen molar-refractivity contribution in [2.24, 2.45) is 0 Å². The molecule has 2 aliphatic heterocycles. The summed E-state index contributed by atoms with van der Waals surface area (Å²) in [6, 6.07) is 8.73. The van der Waals surface area contributed by atoms with Crippen LogP contribution in [0.1, 0.15) is 19.3 Å². The largest absolute Gasteiger partial charge is 0.381 e. The molecule has 0 aromatic heterocycles. The predicted molar refractivity (Wildman–Crippen MR) is 104 cm³/mol. The molecule has 0 spiro atoms. The average molecular weight is 410 g/mol. The minimum atomic E-state index is -3.57. The van der Waals surface area contributed by atoms with E-state index in [1.165, 1.54) is 0 Å². The van der Waals surface area contributed by atoms with E-state index < -0.39 is 15.1 Å². The Balaban J connectivity index is 1.86. The van der Waals surface area contributed by atoms with Crippen LogP contribution in [-0.4, -0.2) is 57.0 Å². The summed E-state index contributed by atoms with van der Waals surface area (Å²) in [5, 5.41) is 11.5. The van der Waals surface area contributed by atoms with Crippen molar-refractivity contribution >= 4 is 21.4 Å². The van der Waals surface area contributed by atoms with E-state index in [1.54, 1.807) is 24.3 Å². The first kappa shape index (κ1) is 20.2. The molecule has 0 aliphatic carbocycles. The highest BCUT2D eigenvalue weighted by Gasteiger charge is 2.44. The number of hydrogen-bond donors (Lipinski definition) is 1. The molecule has 0 radical (unpaired) electrons. The third-order valence-electron chi connectivity index (χ3n) is 5.34. The van der Waals surface area contributed by atoms with Gasteiger partial charge in [-0.05, 0) is 31.4 Å². The topological polar surface area (TPSA) is 82.4 Å². The Labute approximate surface area is 165 Å². The molecule has 6 nitrogen and oxygen atoms in total. The zero-order valence-electron chi connectivity index (χ0n) is 15.1. The van der Waals surface area contributed by atoms with Crippen molar-refractivity contribution in [3.05, 3.63) is 41.6 Å². The Morgan fingerprint density at radius 1 is 1.37 bits per heavy atom.